The molecule has 5 heteroatoms. The quantitative estimate of drug-likeness (QED) is 0.717. The predicted molar refractivity (Wildman–Crippen MR) is 67.5 cm³/mol. The van der Waals surface area contributed by atoms with Gasteiger partial charge < -0.3 is 14.8 Å². The van der Waals surface area contributed by atoms with E-state index >= 15 is 0 Å². The van der Waals surface area contributed by atoms with E-state index in [1.165, 1.54) is 5.69 Å². The summed E-state index contributed by atoms with van der Waals surface area (Å²) < 4.78 is 2.14. The molecule has 0 aliphatic carbocycles. The second kappa shape index (κ2) is 7.06. The number of carbonyl (C=O) groups is 1. The first kappa shape index (κ1) is 13.7. The lowest BCUT2D eigenvalue weighted by Gasteiger charge is -2.11. The molecule has 96 valence electrons. The molecule has 0 bridgehead atoms. The number of nitrogens with zero attached hydrogens (tertiary/aromatic N) is 3. The lowest BCUT2D eigenvalue weighted by molar-refractivity contribution is -0.128. The Morgan fingerprint density at radius 1 is 1.53 bits per heavy atom. The number of hydrogen-bond donors (Lipinski definition) is 1. The van der Waals surface area contributed by atoms with Crippen molar-refractivity contribution in [1.29, 1.82) is 0 Å². The molecule has 0 saturated heterocycles. The van der Waals surface area contributed by atoms with Crippen LogP contribution in [-0.2, 0) is 17.9 Å². The van der Waals surface area contributed by atoms with Gasteiger partial charge in [0.15, 0.2) is 0 Å². The first-order valence-corrected chi connectivity index (χ1v) is 6.05. The number of rotatable bonds is 7. The molecule has 1 heterocycles. The number of carbonyl (C=O) groups excluding carboxylic acids is 1. The molecule has 0 fully saturated rings. The van der Waals surface area contributed by atoms with Crippen molar-refractivity contribution in [1.82, 2.24) is 19.8 Å². The molecule has 1 N–H and O–H groups in total. The summed E-state index contributed by atoms with van der Waals surface area (Å²) in [7, 11) is 3.55. The standard InChI is InChI=1S/C12H22N4O/c1-4-7-16-10-14-9-11(16)8-13-6-5-12(17)15(2)3/h9-10,13H,4-8H2,1-3H3. The summed E-state index contributed by atoms with van der Waals surface area (Å²) in [4.78, 5) is 17.1. The molecule has 0 aliphatic heterocycles. The highest BCUT2D eigenvalue weighted by Crippen LogP contribution is 2.00. The second-order valence-corrected chi connectivity index (χ2v) is 4.29. The zero-order chi connectivity index (χ0) is 12.7. The molecule has 0 spiro atoms. The molecule has 0 radical (unpaired) electrons. The number of amides is 1. The Hall–Kier alpha value is -1.36. The molecule has 5 nitrogen and oxygen atoms in total. The number of imidazole rings is 1. The van der Waals surface area contributed by atoms with Gasteiger partial charge in [-0.05, 0) is 6.42 Å². The third-order valence-electron chi connectivity index (χ3n) is 2.58. The van der Waals surface area contributed by atoms with Crippen LogP contribution in [0, 0.1) is 0 Å². The minimum atomic E-state index is 0.152. The van der Waals surface area contributed by atoms with Crippen molar-refractivity contribution in [3.63, 3.8) is 0 Å². The largest absolute Gasteiger partial charge is 0.349 e. The minimum absolute atomic E-state index is 0.152. The lowest BCUT2D eigenvalue weighted by atomic mass is 10.3. The Kier molecular flexibility index (Phi) is 5.69. The number of aromatic nitrogens is 2. The second-order valence-electron chi connectivity index (χ2n) is 4.29. The van der Waals surface area contributed by atoms with Crippen molar-refractivity contribution < 1.29 is 4.79 Å². The first-order chi connectivity index (χ1) is 8.15. The molecule has 1 rings (SSSR count). The molecule has 1 aromatic rings. The Balaban J connectivity index is 2.26. The van der Waals surface area contributed by atoms with Gasteiger partial charge in [-0.2, -0.15) is 0 Å². The highest BCUT2D eigenvalue weighted by Gasteiger charge is 2.04. The molecule has 0 unspecified atom stereocenters. The normalized spacial score (nSPS) is 10.5. The third kappa shape index (κ3) is 4.56. The molecular weight excluding hydrogens is 216 g/mol. The number of aryl methyl sites for hydroxylation is 1. The van der Waals surface area contributed by atoms with E-state index in [4.69, 9.17) is 0 Å². The monoisotopic (exact) mass is 238 g/mol. The molecular formula is C12H22N4O. The fraction of sp³-hybridized carbons (Fsp3) is 0.667. The maximum Gasteiger partial charge on any atom is 0.223 e. The van der Waals surface area contributed by atoms with Crippen LogP contribution in [0.2, 0.25) is 0 Å². The van der Waals surface area contributed by atoms with Crippen LogP contribution in [0.1, 0.15) is 25.5 Å². The maximum atomic E-state index is 11.3. The van der Waals surface area contributed by atoms with Gasteiger partial charge in [0, 0.05) is 46.3 Å². The van der Waals surface area contributed by atoms with E-state index in [9.17, 15) is 4.79 Å². The van der Waals surface area contributed by atoms with Crippen LogP contribution in [0.4, 0.5) is 0 Å². The molecule has 0 aliphatic rings. The molecule has 0 saturated carbocycles. The SMILES string of the molecule is CCCn1cncc1CNCCC(=O)N(C)C. The average molecular weight is 238 g/mol. The van der Waals surface area contributed by atoms with E-state index in [0.29, 0.717) is 13.0 Å². The zero-order valence-corrected chi connectivity index (χ0v) is 10.9. The topological polar surface area (TPSA) is 50.2 Å². The molecule has 0 aromatic carbocycles. The fourth-order valence-electron chi connectivity index (χ4n) is 1.57. The Morgan fingerprint density at radius 3 is 2.94 bits per heavy atom. The van der Waals surface area contributed by atoms with Crippen molar-refractivity contribution in [2.45, 2.75) is 32.9 Å². The van der Waals surface area contributed by atoms with Crippen LogP contribution in [0.15, 0.2) is 12.5 Å². The summed E-state index contributed by atoms with van der Waals surface area (Å²) in [5.74, 6) is 0.152. The van der Waals surface area contributed by atoms with E-state index in [1.54, 1.807) is 19.0 Å². The van der Waals surface area contributed by atoms with Gasteiger partial charge in [-0.1, -0.05) is 6.92 Å². The van der Waals surface area contributed by atoms with Gasteiger partial charge in [0.25, 0.3) is 0 Å². The number of hydrogen-bond acceptors (Lipinski definition) is 3. The van der Waals surface area contributed by atoms with Crippen LogP contribution < -0.4 is 5.32 Å². The van der Waals surface area contributed by atoms with Crippen molar-refractivity contribution >= 4 is 5.91 Å². The smallest absolute Gasteiger partial charge is 0.223 e. The summed E-state index contributed by atoms with van der Waals surface area (Å²) >= 11 is 0. The van der Waals surface area contributed by atoms with Crippen LogP contribution in [-0.4, -0.2) is 41.0 Å². The number of nitrogens with one attached hydrogen (secondary N) is 1. The first-order valence-electron chi connectivity index (χ1n) is 6.05. The van der Waals surface area contributed by atoms with Gasteiger partial charge >= 0.3 is 0 Å². The van der Waals surface area contributed by atoms with E-state index in [-0.39, 0.29) is 5.91 Å². The van der Waals surface area contributed by atoms with Gasteiger partial charge in [-0.25, -0.2) is 4.98 Å². The highest BCUT2D eigenvalue weighted by atomic mass is 16.2. The van der Waals surface area contributed by atoms with Crippen LogP contribution in [0.25, 0.3) is 0 Å². The molecule has 1 amide bonds. The van der Waals surface area contributed by atoms with Crippen molar-refractivity contribution in [3.05, 3.63) is 18.2 Å². The van der Waals surface area contributed by atoms with Crippen LogP contribution in [0.5, 0.6) is 0 Å². The highest BCUT2D eigenvalue weighted by molar-refractivity contribution is 5.75. The third-order valence-corrected chi connectivity index (χ3v) is 2.58. The van der Waals surface area contributed by atoms with E-state index in [0.717, 1.165) is 19.5 Å². The summed E-state index contributed by atoms with van der Waals surface area (Å²) in [6.45, 7) is 4.61. The van der Waals surface area contributed by atoms with Gasteiger partial charge in [-0.15, -0.1) is 0 Å². The zero-order valence-electron chi connectivity index (χ0n) is 10.9. The Labute approximate surface area is 103 Å². The Bertz CT molecular complexity index is 346. The van der Waals surface area contributed by atoms with Gasteiger partial charge in [0.1, 0.15) is 0 Å². The maximum absolute atomic E-state index is 11.3. The molecule has 1 aromatic heterocycles. The Morgan fingerprint density at radius 2 is 2.29 bits per heavy atom. The predicted octanol–water partition coefficient (Wildman–Crippen LogP) is 0.861. The average Bonchev–Trinajstić information content (AvgIpc) is 2.72. The van der Waals surface area contributed by atoms with Crippen molar-refractivity contribution in [2.24, 2.45) is 0 Å². The van der Waals surface area contributed by atoms with E-state index < -0.39 is 0 Å². The summed E-state index contributed by atoms with van der Waals surface area (Å²) in [5, 5.41) is 3.26. The van der Waals surface area contributed by atoms with Crippen LogP contribution in [0.3, 0.4) is 0 Å². The summed E-state index contributed by atoms with van der Waals surface area (Å²) in [6, 6.07) is 0. The summed E-state index contributed by atoms with van der Waals surface area (Å²) in [5.41, 5.74) is 1.17. The van der Waals surface area contributed by atoms with Gasteiger partial charge in [-0.3, -0.25) is 4.79 Å². The van der Waals surface area contributed by atoms with Gasteiger partial charge in [0.2, 0.25) is 5.91 Å². The fourth-order valence-corrected chi connectivity index (χ4v) is 1.57. The molecule has 0 atom stereocenters. The minimum Gasteiger partial charge on any atom is -0.349 e. The van der Waals surface area contributed by atoms with Gasteiger partial charge in [0.05, 0.1) is 12.0 Å². The lowest BCUT2D eigenvalue weighted by Crippen LogP contribution is -2.26. The van der Waals surface area contributed by atoms with Crippen molar-refractivity contribution in [3.8, 4) is 0 Å². The molecule has 17 heavy (non-hydrogen) atoms. The van der Waals surface area contributed by atoms with Crippen LogP contribution >= 0.6 is 0 Å². The van der Waals surface area contributed by atoms with E-state index in [2.05, 4.69) is 21.8 Å². The van der Waals surface area contributed by atoms with Crippen molar-refractivity contribution in [2.75, 3.05) is 20.6 Å². The van der Waals surface area contributed by atoms with E-state index in [1.807, 2.05) is 12.5 Å². The summed E-state index contributed by atoms with van der Waals surface area (Å²) in [6.07, 6.45) is 5.36.